The SMILES string of the molecule is CC(CC(=O)NCc1ccccc1Br)C(C)(C)C. The quantitative estimate of drug-likeness (QED) is 0.889. The number of benzene rings is 1. The number of rotatable bonds is 4. The summed E-state index contributed by atoms with van der Waals surface area (Å²) in [5.41, 5.74) is 1.28. The lowest BCUT2D eigenvalue weighted by Gasteiger charge is -2.26. The van der Waals surface area contributed by atoms with E-state index in [4.69, 9.17) is 0 Å². The zero-order valence-electron chi connectivity index (χ0n) is 11.6. The highest BCUT2D eigenvalue weighted by Crippen LogP contribution is 2.27. The molecule has 1 aromatic rings. The standard InChI is InChI=1S/C15H22BrNO/c1-11(15(2,3)4)9-14(18)17-10-12-7-5-6-8-13(12)16/h5-8,11H,9-10H2,1-4H3,(H,17,18). The third kappa shape index (κ3) is 4.81. The second kappa shape index (κ2) is 6.37. The van der Waals surface area contributed by atoms with Crippen molar-refractivity contribution in [3.63, 3.8) is 0 Å². The zero-order chi connectivity index (χ0) is 13.8. The van der Waals surface area contributed by atoms with Crippen molar-refractivity contribution in [3.8, 4) is 0 Å². The van der Waals surface area contributed by atoms with Gasteiger partial charge in [-0.25, -0.2) is 0 Å². The van der Waals surface area contributed by atoms with Crippen LogP contribution in [0.1, 0.15) is 39.7 Å². The van der Waals surface area contributed by atoms with Crippen LogP contribution in [0.4, 0.5) is 0 Å². The molecule has 1 rings (SSSR count). The molecule has 0 radical (unpaired) electrons. The molecule has 2 nitrogen and oxygen atoms in total. The lowest BCUT2D eigenvalue weighted by molar-refractivity contribution is -0.122. The molecule has 0 bridgehead atoms. The van der Waals surface area contributed by atoms with Crippen molar-refractivity contribution in [2.75, 3.05) is 0 Å². The van der Waals surface area contributed by atoms with Crippen molar-refractivity contribution in [1.82, 2.24) is 5.32 Å². The van der Waals surface area contributed by atoms with Gasteiger partial charge in [0.1, 0.15) is 0 Å². The van der Waals surface area contributed by atoms with E-state index in [1.807, 2.05) is 24.3 Å². The normalized spacial score (nSPS) is 13.2. The minimum Gasteiger partial charge on any atom is -0.352 e. The molecule has 0 fully saturated rings. The van der Waals surface area contributed by atoms with Crippen molar-refractivity contribution >= 4 is 21.8 Å². The number of halogens is 1. The molecule has 0 aliphatic carbocycles. The van der Waals surface area contributed by atoms with Gasteiger partial charge in [0.2, 0.25) is 5.91 Å². The van der Waals surface area contributed by atoms with Crippen LogP contribution >= 0.6 is 15.9 Å². The maximum absolute atomic E-state index is 11.9. The molecule has 1 aromatic carbocycles. The predicted molar refractivity (Wildman–Crippen MR) is 79.2 cm³/mol. The Morgan fingerprint density at radius 3 is 2.50 bits per heavy atom. The Morgan fingerprint density at radius 1 is 1.33 bits per heavy atom. The molecule has 0 aliphatic heterocycles. The largest absolute Gasteiger partial charge is 0.352 e. The molecule has 1 N–H and O–H groups in total. The van der Waals surface area contributed by atoms with Crippen LogP contribution < -0.4 is 5.32 Å². The van der Waals surface area contributed by atoms with E-state index < -0.39 is 0 Å². The van der Waals surface area contributed by atoms with Crippen molar-refractivity contribution in [1.29, 1.82) is 0 Å². The summed E-state index contributed by atoms with van der Waals surface area (Å²) in [6.07, 6.45) is 0.577. The van der Waals surface area contributed by atoms with E-state index in [0.717, 1.165) is 10.0 Å². The van der Waals surface area contributed by atoms with Crippen LogP contribution in [-0.2, 0) is 11.3 Å². The fourth-order valence-electron chi connectivity index (χ4n) is 1.49. The van der Waals surface area contributed by atoms with Crippen molar-refractivity contribution in [2.24, 2.45) is 11.3 Å². The number of hydrogen-bond acceptors (Lipinski definition) is 1. The van der Waals surface area contributed by atoms with Gasteiger partial charge in [-0.3, -0.25) is 4.79 Å². The van der Waals surface area contributed by atoms with Gasteiger partial charge in [0.25, 0.3) is 0 Å². The Bertz CT molecular complexity index is 409. The van der Waals surface area contributed by atoms with Gasteiger partial charge in [-0.05, 0) is 23.0 Å². The molecule has 1 atom stereocenters. The number of hydrogen-bond donors (Lipinski definition) is 1. The monoisotopic (exact) mass is 311 g/mol. The molecule has 0 aromatic heterocycles. The lowest BCUT2D eigenvalue weighted by atomic mass is 9.80. The minimum absolute atomic E-state index is 0.119. The van der Waals surface area contributed by atoms with Crippen LogP contribution in [0.5, 0.6) is 0 Å². The number of amides is 1. The van der Waals surface area contributed by atoms with E-state index in [0.29, 0.717) is 18.9 Å². The predicted octanol–water partition coefficient (Wildman–Crippen LogP) is 4.14. The maximum atomic E-state index is 11.9. The summed E-state index contributed by atoms with van der Waals surface area (Å²) in [6, 6.07) is 7.94. The summed E-state index contributed by atoms with van der Waals surface area (Å²) < 4.78 is 1.04. The Hall–Kier alpha value is -0.830. The molecule has 0 saturated carbocycles. The van der Waals surface area contributed by atoms with Crippen LogP contribution in [0.3, 0.4) is 0 Å². The molecular formula is C15H22BrNO. The van der Waals surface area contributed by atoms with Gasteiger partial charge in [-0.1, -0.05) is 61.8 Å². The van der Waals surface area contributed by atoms with Gasteiger partial charge in [0, 0.05) is 17.4 Å². The van der Waals surface area contributed by atoms with Crippen LogP contribution in [-0.4, -0.2) is 5.91 Å². The van der Waals surface area contributed by atoms with E-state index >= 15 is 0 Å². The van der Waals surface area contributed by atoms with Crippen LogP contribution in [0.15, 0.2) is 28.7 Å². The maximum Gasteiger partial charge on any atom is 0.220 e. The van der Waals surface area contributed by atoms with Crippen molar-refractivity contribution in [2.45, 2.75) is 40.7 Å². The fraction of sp³-hybridized carbons (Fsp3) is 0.533. The van der Waals surface area contributed by atoms with Gasteiger partial charge in [0.15, 0.2) is 0 Å². The highest BCUT2D eigenvalue weighted by Gasteiger charge is 2.22. The van der Waals surface area contributed by atoms with E-state index in [2.05, 4.69) is 48.9 Å². The molecular weight excluding hydrogens is 290 g/mol. The second-order valence-corrected chi connectivity index (χ2v) is 6.69. The summed E-state index contributed by atoms with van der Waals surface area (Å²) in [6.45, 7) is 9.20. The van der Waals surface area contributed by atoms with Gasteiger partial charge in [-0.15, -0.1) is 0 Å². The van der Waals surface area contributed by atoms with Gasteiger partial charge < -0.3 is 5.32 Å². The summed E-state index contributed by atoms with van der Waals surface area (Å²) in [5.74, 6) is 0.491. The van der Waals surface area contributed by atoms with E-state index in [9.17, 15) is 4.79 Å². The molecule has 3 heteroatoms. The molecule has 0 aliphatic rings. The molecule has 100 valence electrons. The topological polar surface area (TPSA) is 29.1 Å². The highest BCUT2D eigenvalue weighted by molar-refractivity contribution is 9.10. The summed E-state index contributed by atoms with van der Waals surface area (Å²) >= 11 is 3.48. The van der Waals surface area contributed by atoms with Crippen LogP contribution in [0.2, 0.25) is 0 Å². The lowest BCUT2D eigenvalue weighted by Crippen LogP contribution is -2.28. The second-order valence-electron chi connectivity index (χ2n) is 5.84. The average Bonchev–Trinajstić information content (AvgIpc) is 2.26. The first-order valence-electron chi connectivity index (χ1n) is 6.31. The number of nitrogens with one attached hydrogen (secondary N) is 1. The van der Waals surface area contributed by atoms with Gasteiger partial charge in [0.05, 0.1) is 0 Å². The molecule has 0 heterocycles. The van der Waals surface area contributed by atoms with Gasteiger partial charge >= 0.3 is 0 Å². The Balaban J connectivity index is 2.45. The fourth-order valence-corrected chi connectivity index (χ4v) is 1.92. The smallest absolute Gasteiger partial charge is 0.220 e. The Morgan fingerprint density at radius 2 is 1.94 bits per heavy atom. The minimum atomic E-state index is 0.119. The average molecular weight is 312 g/mol. The van der Waals surface area contributed by atoms with Crippen LogP contribution in [0, 0.1) is 11.3 Å². The molecule has 1 amide bonds. The van der Waals surface area contributed by atoms with Crippen molar-refractivity contribution < 1.29 is 4.79 Å². The van der Waals surface area contributed by atoms with E-state index in [1.165, 1.54) is 0 Å². The first kappa shape index (κ1) is 15.2. The summed E-state index contributed by atoms with van der Waals surface area (Å²) in [5, 5.41) is 2.97. The van der Waals surface area contributed by atoms with E-state index in [-0.39, 0.29) is 11.3 Å². The van der Waals surface area contributed by atoms with Gasteiger partial charge in [-0.2, -0.15) is 0 Å². The Labute approximate surface area is 118 Å². The third-order valence-corrected chi connectivity index (χ3v) is 4.18. The first-order valence-corrected chi connectivity index (χ1v) is 7.10. The highest BCUT2D eigenvalue weighted by atomic mass is 79.9. The number of carbonyl (C=O) groups excluding carboxylic acids is 1. The van der Waals surface area contributed by atoms with Crippen LogP contribution in [0.25, 0.3) is 0 Å². The van der Waals surface area contributed by atoms with Crippen molar-refractivity contribution in [3.05, 3.63) is 34.3 Å². The zero-order valence-corrected chi connectivity index (χ0v) is 13.2. The third-order valence-electron chi connectivity index (χ3n) is 3.40. The Kier molecular flexibility index (Phi) is 5.39. The van der Waals surface area contributed by atoms with E-state index in [1.54, 1.807) is 0 Å². The number of carbonyl (C=O) groups is 1. The molecule has 0 spiro atoms. The molecule has 18 heavy (non-hydrogen) atoms. The first-order chi connectivity index (χ1) is 8.30. The summed E-state index contributed by atoms with van der Waals surface area (Å²) in [7, 11) is 0. The molecule has 1 unspecified atom stereocenters. The molecule has 0 saturated heterocycles. The summed E-state index contributed by atoms with van der Waals surface area (Å²) in [4.78, 5) is 11.9.